The summed E-state index contributed by atoms with van der Waals surface area (Å²) in [6, 6.07) is 12.8. The Morgan fingerprint density at radius 1 is 1.03 bits per heavy atom. The van der Waals surface area contributed by atoms with Crippen molar-refractivity contribution in [3.63, 3.8) is 0 Å². The molecule has 0 aliphatic carbocycles. The first kappa shape index (κ1) is 23.4. The van der Waals surface area contributed by atoms with Crippen LogP contribution in [0.1, 0.15) is 65.8 Å². The van der Waals surface area contributed by atoms with Gasteiger partial charge >= 0.3 is 0 Å². The summed E-state index contributed by atoms with van der Waals surface area (Å²) in [6.07, 6.45) is 6.01. The lowest BCUT2D eigenvalue weighted by Gasteiger charge is -2.44. The summed E-state index contributed by atoms with van der Waals surface area (Å²) < 4.78 is 0. The molecular formula is C27H36N4O2. The molecule has 0 spiro atoms. The summed E-state index contributed by atoms with van der Waals surface area (Å²) in [4.78, 5) is 34.0. The van der Waals surface area contributed by atoms with Crippen LogP contribution in [0.4, 0.5) is 0 Å². The van der Waals surface area contributed by atoms with E-state index in [1.165, 1.54) is 5.56 Å². The van der Waals surface area contributed by atoms with Crippen LogP contribution in [0.3, 0.4) is 0 Å². The van der Waals surface area contributed by atoms with E-state index in [-0.39, 0.29) is 17.9 Å². The summed E-state index contributed by atoms with van der Waals surface area (Å²) in [6.45, 7) is 9.16. The van der Waals surface area contributed by atoms with Crippen molar-refractivity contribution >= 4 is 11.8 Å². The van der Waals surface area contributed by atoms with Crippen molar-refractivity contribution < 1.29 is 9.59 Å². The third-order valence-electron chi connectivity index (χ3n) is 7.31. The number of carbonyl (C=O) groups is 2. The van der Waals surface area contributed by atoms with Gasteiger partial charge in [-0.2, -0.15) is 0 Å². The highest BCUT2D eigenvalue weighted by Gasteiger charge is 2.34. The fourth-order valence-corrected chi connectivity index (χ4v) is 5.61. The number of benzene rings is 1. The van der Waals surface area contributed by atoms with Gasteiger partial charge in [0.1, 0.15) is 0 Å². The van der Waals surface area contributed by atoms with Gasteiger partial charge in [0.2, 0.25) is 5.91 Å². The van der Waals surface area contributed by atoms with Crippen LogP contribution in [-0.4, -0.2) is 58.8 Å². The van der Waals surface area contributed by atoms with Crippen molar-refractivity contribution in [2.45, 2.75) is 58.5 Å². The van der Waals surface area contributed by atoms with Gasteiger partial charge in [-0.1, -0.05) is 30.3 Å². The Morgan fingerprint density at radius 2 is 1.76 bits per heavy atom. The van der Waals surface area contributed by atoms with Gasteiger partial charge < -0.3 is 10.2 Å². The summed E-state index contributed by atoms with van der Waals surface area (Å²) in [5.41, 5.74) is 3.75. The predicted molar refractivity (Wildman–Crippen MR) is 130 cm³/mol. The molecule has 2 atom stereocenters. The summed E-state index contributed by atoms with van der Waals surface area (Å²) >= 11 is 0. The zero-order chi connectivity index (χ0) is 23.4. The van der Waals surface area contributed by atoms with Crippen molar-refractivity contribution in [2.75, 3.05) is 26.2 Å². The van der Waals surface area contributed by atoms with Gasteiger partial charge in [-0.3, -0.25) is 19.5 Å². The van der Waals surface area contributed by atoms with Gasteiger partial charge in [0, 0.05) is 38.8 Å². The Labute approximate surface area is 197 Å². The van der Waals surface area contributed by atoms with Crippen LogP contribution in [-0.2, 0) is 4.79 Å². The predicted octanol–water partition coefficient (Wildman–Crippen LogP) is 3.89. The second-order valence-corrected chi connectivity index (χ2v) is 9.60. The highest BCUT2D eigenvalue weighted by molar-refractivity contribution is 5.96. The zero-order valence-electron chi connectivity index (χ0n) is 20.1. The number of likely N-dealkylation sites (tertiary alicyclic amines) is 2. The van der Waals surface area contributed by atoms with E-state index >= 15 is 0 Å². The van der Waals surface area contributed by atoms with Crippen LogP contribution in [0.5, 0.6) is 0 Å². The van der Waals surface area contributed by atoms with E-state index in [1.54, 1.807) is 13.1 Å². The third-order valence-corrected chi connectivity index (χ3v) is 7.31. The SMILES string of the molecule is CC(=O)NC(c1ccccc1)C1CCCN(C2CCN(C(=O)c3c(C)ccnc3C)CC2)C1. The Bertz CT molecular complexity index is 949. The normalized spacial score (nSPS) is 20.9. The van der Waals surface area contributed by atoms with Crippen molar-refractivity contribution in [3.05, 3.63) is 65.0 Å². The van der Waals surface area contributed by atoms with Crippen molar-refractivity contribution in [1.82, 2.24) is 20.1 Å². The first-order chi connectivity index (χ1) is 15.9. The van der Waals surface area contributed by atoms with Crippen LogP contribution in [0.2, 0.25) is 0 Å². The molecule has 33 heavy (non-hydrogen) atoms. The second-order valence-electron chi connectivity index (χ2n) is 9.60. The summed E-state index contributed by atoms with van der Waals surface area (Å²) in [5.74, 6) is 0.530. The maximum atomic E-state index is 13.2. The maximum Gasteiger partial charge on any atom is 0.255 e. The monoisotopic (exact) mass is 448 g/mol. The minimum Gasteiger partial charge on any atom is -0.349 e. The number of amides is 2. The maximum absolute atomic E-state index is 13.2. The summed E-state index contributed by atoms with van der Waals surface area (Å²) in [7, 11) is 0. The Kier molecular flexibility index (Phi) is 7.43. The molecule has 3 heterocycles. The van der Waals surface area contributed by atoms with E-state index < -0.39 is 0 Å². The zero-order valence-corrected chi connectivity index (χ0v) is 20.1. The lowest BCUT2D eigenvalue weighted by molar-refractivity contribution is -0.120. The van der Waals surface area contributed by atoms with E-state index in [0.29, 0.717) is 12.0 Å². The standard InChI is InChI=1S/C27H36N4O2/c1-19-11-14-28-20(2)25(19)27(33)30-16-12-24(13-17-30)31-15-7-10-23(18-31)26(29-21(3)32)22-8-5-4-6-9-22/h4-6,8-9,11,14,23-24,26H,7,10,12-13,15-18H2,1-3H3,(H,29,32). The quantitative estimate of drug-likeness (QED) is 0.754. The first-order valence-corrected chi connectivity index (χ1v) is 12.2. The molecule has 2 saturated heterocycles. The van der Waals surface area contributed by atoms with Crippen LogP contribution in [0, 0.1) is 19.8 Å². The average Bonchev–Trinajstić information content (AvgIpc) is 2.83. The van der Waals surface area contributed by atoms with E-state index in [1.807, 2.05) is 43.0 Å². The second kappa shape index (κ2) is 10.5. The number of rotatable bonds is 5. The van der Waals surface area contributed by atoms with Gasteiger partial charge in [0.05, 0.1) is 17.3 Å². The molecule has 2 unspecified atom stereocenters. The molecule has 2 amide bonds. The molecule has 2 aliphatic rings. The molecule has 6 heteroatoms. The highest BCUT2D eigenvalue weighted by Crippen LogP contribution is 2.32. The Hall–Kier alpha value is -2.73. The molecule has 0 saturated carbocycles. The molecule has 176 valence electrons. The third kappa shape index (κ3) is 5.44. The molecule has 2 fully saturated rings. The van der Waals surface area contributed by atoms with Gasteiger partial charge in [-0.25, -0.2) is 0 Å². The van der Waals surface area contributed by atoms with E-state index in [0.717, 1.165) is 68.7 Å². The van der Waals surface area contributed by atoms with Crippen molar-refractivity contribution in [2.24, 2.45) is 5.92 Å². The number of hydrogen-bond donors (Lipinski definition) is 1. The highest BCUT2D eigenvalue weighted by atomic mass is 16.2. The molecule has 1 aromatic heterocycles. The fourth-order valence-electron chi connectivity index (χ4n) is 5.61. The van der Waals surface area contributed by atoms with Crippen molar-refractivity contribution in [1.29, 1.82) is 0 Å². The molecule has 0 radical (unpaired) electrons. The van der Waals surface area contributed by atoms with Gasteiger partial charge in [0.25, 0.3) is 5.91 Å². The smallest absolute Gasteiger partial charge is 0.255 e. The van der Waals surface area contributed by atoms with Crippen LogP contribution in [0.15, 0.2) is 42.6 Å². The van der Waals surface area contributed by atoms with Crippen LogP contribution in [0.25, 0.3) is 0 Å². The van der Waals surface area contributed by atoms with Crippen molar-refractivity contribution in [3.8, 4) is 0 Å². The minimum atomic E-state index is 0.0220. The Balaban J connectivity index is 1.39. The average molecular weight is 449 g/mol. The van der Waals surface area contributed by atoms with Crippen LogP contribution < -0.4 is 5.32 Å². The summed E-state index contributed by atoms with van der Waals surface area (Å²) in [5, 5.41) is 3.22. The molecule has 1 aromatic carbocycles. The molecule has 0 bridgehead atoms. The molecule has 2 aromatic rings. The number of aromatic nitrogens is 1. The first-order valence-electron chi connectivity index (χ1n) is 12.2. The molecular weight excluding hydrogens is 412 g/mol. The number of pyridine rings is 1. The van der Waals surface area contributed by atoms with E-state index in [9.17, 15) is 9.59 Å². The minimum absolute atomic E-state index is 0.0220. The number of carbonyl (C=O) groups excluding carboxylic acids is 2. The van der Waals surface area contributed by atoms with E-state index in [2.05, 4.69) is 27.3 Å². The van der Waals surface area contributed by atoms with Gasteiger partial charge in [0.15, 0.2) is 0 Å². The van der Waals surface area contributed by atoms with Gasteiger partial charge in [-0.05, 0) is 69.2 Å². The molecule has 6 nitrogen and oxygen atoms in total. The molecule has 2 aliphatic heterocycles. The lowest BCUT2D eigenvalue weighted by Crippen LogP contribution is -2.51. The number of hydrogen-bond acceptors (Lipinski definition) is 4. The lowest BCUT2D eigenvalue weighted by atomic mass is 9.85. The van der Waals surface area contributed by atoms with E-state index in [4.69, 9.17) is 0 Å². The van der Waals surface area contributed by atoms with Gasteiger partial charge in [-0.15, -0.1) is 0 Å². The number of nitrogens with zero attached hydrogens (tertiary/aromatic N) is 3. The largest absolute Gasteiger partial charge is 0.349 e. The molecule has 4 rings (SSSR count). The fraction of sp³-hybridized carbons (Fsp3) is 0.519. The molecule has 1 N–H and O–H groups in total. The Morgan fingerprint density at radius 3 is 2.42 bits per heavy atom. The number of aryl methyl sites for hydroxylation is 2. The van der Waals surface area contributed by atoms with Crippen LogP contribution >= 0.6 is 0 Å². The number of nitrogens with one attached hydrogen (secondary N) is 1. The number of piperidine rings is 2. The topological polar surface area (TPSA) is 65.5 Å².